The van der Waals surface area contributed by atoms with Crippen LogP contribution in [-0.2, 0) is 0 Å². The zero-order valence-corrected chi connectivity index (χ0v) is 10.4. The second-order valence-corrected chi connectivity index (χ2v) is 4.65. The predicted molar refractivity (Wildman–Crippen MR) is 66.6 cm³/mol. The Balaban J connectivity index is 2.40. The number of nitrogen functional groups attached to an aromatic ring is 1. The van der Waals surface area contributed by atoms with Gasteiger partial charge in [-0.05, 0) is 25.0 Å². The number of ether oxygens (including phenoxy) is 1. The van der Waals surface area contributed by atoms with Gasteiger partial charge in [-0.1, -0.05) is 15.9 Å². The molecule has 2 N–H and O–H groups in total. The van der Waals surface area contributed by atoms with Crippen molar-refractivity contribution in [3.63, 3.8) is 0 Å². The summed E-state index contributed by atoms with van der Waals surface area (Å²) in [5.74, 6) is 0.742. The summed E-state index contributed by atoms with van der Waals surface area (Å²) in [6.45, 7) is 2.17. The molecule has 0 aromatic heterocycles. The Morgan fingerprint density at radius 1 is 1.33 bits per heavy atom. The van der Waals surface area contributed by atoms with Crippen molar-refractivity contribution in [2.24, 2.45) is 0 Å². The van der Waals surface area contributed by atoms with Crippen LogP contribution in [0.3, 0.4) is 0 Å². The van der Waals surface area contributed by atoms with Crippen LogP contribution in [0.5, 0.6) is 5.75 Å². The lowest BCUT2D eigenvalue weighted by molar-refractivity contribution is 0.416. The lowest BCUT2D eigenvalue weighted by Gasteiger charge is -2.21. The average Bonchev–Trinajstić information content (AvgIpc) is 2.74. The van der Waals surface area contributed by atoms with E-state index in [2.05, 4.69) is 26.9 Å². The first-order chi connectivity index (χ1) is 7.22. The van der Waals surface area contributed by atoms with Gasteiger partial charge in [-0.3, -0.25) is 0 Å². The first kappa shape index (κ1) is 10.6. The van der Waals surface area contributed by atoms with Gasteiger partial charge in [-0.15, -0.1) is 0 Å². The van der Waals surface area contributed by atoms with Crippen LogP contribution in [0, 0.1) is 0 Å². The maximum atomic E-state index is 6.06. The number of nitrogens with two attached hydrogens (primary N) is 1. The monoisotopic (exact) mass is 270 g/mol. The molecule has 3 nitrogen and oxygen atoms in total. The van der Waals surface area contributed by atoms with E-state index in [1.165, 1.54) is 12.8 Å². The standard InChI is InChI=1S/C11H15BrN2O/c1-15-10-7-8(12)6-9(11(10)13)14-4-2-3-5-14/h6-7H,2-5,13H2,1H3. The first-order valence-electron chi connectivity index (χ1n) is 5.10. The van der Waals surface area contributed by atoms with E-state index < -0.39 is 0 Å². The minimum atomic E-state index is 0.739. The molecule has 0 atom stereocenters. The fraction of sp³-hybridized carbons (Fsp3) is 0.455. The van der Waals surface area contributed by atoms with Crippen molar-refractivity contribution in [1.29, 1.82) is 0 Å². The smallest absolute Gasteiger partial charge is 0.145 e. The molecule has 0 spiro atoms. The van der Waals surface area contributed by atoms with Gasteiger partial charge in [0.05, 0.1) is 18.5 Å². The Hall–Kier alpha value is -0.900. The highest BCUT2D eigenvalue weighted by Crippen LogP contribution is 2.37. The predicted octanol–water partition coefficient (Wildman–Crippen LogP) is 2.64. The van der Waals surface area contributed by atoms with Gasteiger partial charge in [0.25, 0.3) is 0 Å². The molecular weight excluding hydrogens is 256 g/mol. The minimum absolute atomic E-state index is 0.739. The lowest BCUT2D eigenvalue weighted by atomic mass is 10.2. The Morgan fingerprint density at radius 3 is 2.60 bits per heavy atom. The van der Waals surface area contributed by atoms with Crippen LogP contribution in [0.15, 0.2) is 16.6 Å². The molecule has 82 valence electrons. The Labute approximate surface area is 98.3 Å². The van der Waals surface area contributed by atoms with Gasteiger partial charge in [0.2, 0.25) is 0 Å². The molecule has 0 bridgehead atoms. The van der Waals surface area contributed by atoms with Crippen LogP contribution in [0.1, 0.15) is 12.8 Å². The highest BCUT2D eigenvalue weighted by atomic mass is 79.9. The molecule has 0 saturated carbocycles. The van der Waals surface area contributed by atoms with Gasteiger partial charge in [0, 0.05) is 17.6 Å². The molecule has 1 saturated heterocycles. The fourth-order valence-electron chi connectivity index (χ4n) is 1.97. The van der Waals surface area contributed by atoms with Crippen molar-refractivity contribution in [3.8, 4) is 5.75 Å². The van der Waals surface area contributed by atoms with E-state index in [0.717, 1.165) is 34.7 Å². The lowest BCUT2D eigenvalue weighted by Crippen LogP contribution is -2.19. The number of anilines is 2. The number of nitrogens with zero attached hydrogens (tertiary/aromatic N) is 1. The van der Waals surface area contributed by atoms with E-state index in [1.807, 2.05) is 6.07 Å². The number of hydrogen-bond donors (Lipinski definition) is 1. The molecule has 2 rings (SSSR count). The second kappa shape index (κ2) is 4.31. The van der Waals surface area contributed by atoms with Crippen molar-refractivity contribution in [1.82, 2.24) is 0 Å². The van der Waals surface area contributed by atoms with Crippen molar-refractivity contribution in [2.45, 2.75) is 12.8 Å². The van der Waals surface area contributed by atoms with E-state index >= 15 is 0 Å². The number of halogens is 1. The molecule has 1 fully saturated rings. The molecule has 0 unspecified atom stereocenters. The summed E-state index contributed by atoms with van der Waals surface area (Å²) in [5, 5.41) is 0. The van der Waals surface area contributed by atoms with Gasteiger partial charge >= 0.3 is 0 Å². The van der Waals surface area contributed by atoms with Crippen LogP contribution in [0.2, 0.25) is 0 Å². The van der Waals surface area contributed by atoms with Crippen LogP contribution in [-0.4, -0.2) is 20.2 Å². The molecule has 4 heteroatoms. The van der Waals surface area contributed by atoms with Gasteiger partial charge in [0.1, 0.15) is 5.75 Å². The molecule has 0 amide bonds. The summed E-state index contributed by atoms with van der Waals surface area (Å²) in [7, 11) is 1.64. The molecule has 0 radical (unpaired) electrons. The van der Waals surface area contributed by atoms with E-state index in [0.29, 0.717) is 0 Å². The van der Waals surface area contributed by atoms with Crippen molar-refractivity contribution in [2.75, 3.05) is 30.8 Å². The summed E-state index contributed by atoms with van der Waals surface area (Å²) < 4.78 is 6.25. The summed E-state index contributed by atoms with van der Waals surface area (Å²) in [6.07, 6.45) is 2.49. The summed E-state index contributed by atoms with van der Waals surface area (Å²) >= 11 is 3.47. The largest absolute Gasteiger partial charge is 0.494 e. The topological polar surface area (TPSA) is 38.5 Å². The SMILES string of the molecule is COc1cc(Br)cc(N2CCCC2)c1N. The van der Waals surface area contributed by atoms with Crippen molar-refractivity contribution < 1.29 is 4.74 Å². The quantitative estimate of drug-likeness (QED) is 0.840. The maximum Gasteiger partial charge on any atom is 0.145 e. The second-order valence-electron chi connectivity index (χ2n) is 3.74. The van der Waals surface area contributed by atoms with Crippen molar-refractivity contribution >= 4 is 27.3 Å². The number of hydrogen-bond acceptors (Lipinski definition) is 3. The highest BCUT2D eigenvalue weighted by Gasteiger charge is 2.17. The first-order valence-corrected chi connectivity index (χ1v) is 5.89. The third-order valence-corrected chi connectivity index (χ3v) is 3.21. The summed E-state index contributed by atoms with van der Waals surface area (Å²) in [5.41, 5.74) is 7.88. The van der Waals surface area contributed by atoms with Gasteiger partial charge in [-0.25, -0.2) is 0 Å². The molecular formula is C11H15BrN2O. The Kier molecular flexibility index (Phi) is 3.05. The number of benzene rings is 1. The average molecular weight is 271 g/mol. The van der Waals surface area contributed by atoms with Gasteiger partial charge in [0.15, 0.2) is 0 Å². The maximum absolute atomic E-state index is 6.06. The Morgan fingerprint density at radius 2 is 2.00 bits per heavy atom. The molecule has 1 aliphatic heterocycles. The van der Waals surface area contributed by atoms with Crippen LogP contribution in [0.25, 0.3) is 0 Å². The van der Waals surface area contributed by atoms with Gasteiger partial charge < -0.3 is 15.4 Å². The Bertz CT molecular complexity index is 362. The summed E-state index contributed by atoms with van der Waals surface area (Å²) in [6, 6.07) is 3.96. The summed E-state index contributed by atoms with van der Waals surface area (Å²) in [4.78, 5) is 2.31. The number of methoxy groups -OCH3 is 1. The zero-order chi connectivity index (χ0) is 10.8. The third-order valence-electron chi connectivity index (χ3n) is 2.75. The van der Waals surface area contributed by atoms with E-state index in [4.69, 9.17) is 10.5 Å². The number of rotatable bonds is 2. The van der Waals surface area contributed by atoms with Crippen molar-refractivity contribution in [3.05, 3.63) is 16.6 Å². The molecule has 0 aliphatic carbocycles. The molecule has 1 aliphatic rings. The minimum Gasteiger partial charge on any atom is -0.494 e. The van der Waals surface area contributed by atoms with Crippen LogP contribution >= 0.6 is 15.9 Å². The normalized spacial score (nSPS) is 15.7. The van der Waals surface area contributed by atoms with Crippen LogP contribution in [0.4, 0.5) is 11.4 Å². The van der Waals surface area contributed by atoms with Crippen LogP contribution < -0.4 is 15.4 Å². The fourth-order valence-corrected chi connectivity index (χ4v) is 2.39. The molecule has 1 aromatic carbocycles. The van der Waals surface area contributed by atoms with E-state index in [1.54, 1.807) is 7.11 Å². The van der Waals surface area contributed by atoms with E-state index in [-0.39, 0.29) is 0 Å². The highest BCUT2D eigenvalue weighted by molar-refractivity contribution is 9.10. The molecule has 1 aromatic rings. The van der Waals surface area contributed by atoms with E-state index in [9.17, 15) is 0 Å². The zero-order valence-electron chi connectivity index (χ0n) is 8.79. The third kappa shape index (κ3) is 2.04. The molecule has 1 heterocycles. The molecule has 15 heavy (non-hydrogen) atoms. The van der Waals surface area contributed by atoms with Gasteiger partial charge in [-0.2, -0.15) is 0 Å².